The molecule has 0 N–H and O–H groups in total. The Hall–Kier alpha value is -2.91. The molecule has 156 valence electrons. The minimum atomic E-state index is -1.32. The lowest BCUT2D eigenvalue weighted by atomic mass is 10.1. The number of ether oxygens (including phenoxy) is 2. The van der Waals surface area contributed by atoms with Gasteiger partial charge in [-0.2, -0.15) is 5.10 Å². The number of halogens is 1. The Bertz CT molecular complexity index is 889. The third-order valence-electron chi connectivity index (χ3n) is 5.11. The van der Waals surface area contributed by atoms with E-state index >= 15 is 0 Å². The van der Waals surface area contributed by atoms with Crippen molar-refractivity contribution in [2.45, 2.75) is 52.1 Å². The molecular formula is C19H25FN6O3. The molecule has 1 fully saturated rings. The molecule has 1 amide bonds. The molecule has 4 heterocycles. The molecule has 1 saturated heterocycles. The summed E-state index contributed by atoms with van der Waals surface area (Å²) in [7, 11) is 0. The van der Waals surface area contributed by atoms with Crippen molar-refractivity contribution < 1.29 is 18.7 Å². The highest BCUT2D eigenvalue weighted by Gasteiger charge is 2.35. The summed E-state index contributed by atoms with van der Waals surface area (Å²) in [4.78, 5) is 24.1. The van der Waals surface area contributed by atoms with Gasteiger partial charge in [-0.15, -0.1) is 0 Å². The van der Waals surface area contributed by atoms with Gasteiger partial charge in [0, 0.05) is 25.6 Å². The van der Waals surface area contributed by atoms with E-state index in [1.807, 2.05) is 22.6 Å². The fourth-order valence-electron chi connectivity index (χ4n) is 3.67. The lowest BCUT2D eigenvalue weighted by molar-refractivity contribution is 0.00779. The summed E-state index contributed by atoms with van der Waals surface area (Å²) in [6.45, 7) is 7.25. The molecule has 4 rings (SSSR count). The lowest BCUT2D eigenvalue weighted by Crippen LogP contribution is -2.49. The first-order valence-electron chi connectivity index (χ1n) is 9.81. The van der Waals surface area contributed by atoms with Crippen molar-refractivity contribution in [2.75, 3.05) is 24.5 Å². The van der Waals surface area contributed by atoms with Crippen molar-refractivity contribution in [2.24, 2.45) is 0 Å². The van der Waals surface area contributed by atoms with Gasteiger partial charge in [0.2, 0.25) is 5.88 Å². The Kier molecular flexibility index (Phi) is 5.25. The molecule has 0 radical (unpaired) electrons. The monoisotopic (exact) mass is 404 g/mol. The van der Waals surface area contributed by atoms with Crippen LogP contribution in [0, 0.1) is 6.92 Å². The van der Waals surface area contributed by atoms with Crippen LogP contribution in [0.1, 0.15) is 25.8 Å². The van der Waals surface area contributed by atoms with Crippen LogP contribution in [0.5, 0.6) is 5.88 Å². The highest BCUT2D eigenvalue weighted by Crippen LogP contribution is 2.33. The quantitative estimate of drug-likeness (QED) is 0.774. The van der Waals surface area contributed by atoms with Crippen LogP contribution in [0.25, 0.3) is 0 Å². The summed E-state index contributed by atoms with van der Waals surface area (Å²) in [6, 6.07) is 1.93. The van der Waals surface area contributed by atoms with E-state index < -0.39 is 18.4 Å². The second-order valence-electron chi connectivity index (χ2n) is 7.53. The highest BCUT2D eigenvalue weighted by atomic mass is 19.1. The number of hydrogen-bond acceptors (Lipinski definition) is 7. The largest absolute Gasteiger partial charge is 0.471 e. The van der Waals surface area contributed by atoms with Gasteiger partial charge in [-0.1, -0.05) is 0 Å². The molecule has 0 bridgehead atoms. The van der Waals surface area contributed by atoms with Crippen molar-refractivity contribution >= 4 is 17.7 Å². The molecule has 29 heavy (non-hydrogen) atoms. The number of likely N-dealkylation sites (tertiary alicyclic amines) is 1. The normalized spacial score (nSPS) is 21.4. The molecule has 2 aliphatic heterocycles. The van der Waals surface area contributed by atoms with Gasteiger partial charge >= 0.3 is 6.09 Å². The second-order valence-corrected chi connectivity index (χ2v) is 7.53. The topological polar surface area (TPSA) is 85.6 Å². The third kappa shape index (κ3) is 3.83. The first-order chi connectivity index (χ1) is 13.9. The van der Waals surface area contributed by atoms with Gasteiger partial charge in [-0.3, -0.25) is 0 Å². The first kappa shape index (κ1) is 19.4. The van der Waals surface area contributed by atoms with Crippen molar-refractivity contribution in [1.29, 1.82) is 0 Å². The van der Waals surface area contributed by atoms with E-state index in [2.05, 4.69) is 15.1 Å². The predicted molar refractivity (Wildman–Crippen MR) is 103 cm³/mol. The molecule has 2 aliphatic rings. The molecule has 0 aromatic carbocycles. The van der Waals surface area contributed by atoms with Crippen LogP contribution in [-0.4, -0.2) is 68.8 Å². The van der Waals surface area contributed by atoms with E-state index in [0.717, 1.165) is 30.3 Å². The molecule has 10 heteroatoms. The van der Waals surface area contributed by atoms with E-state index in [-0.39, 0.29) is 12.6 Å². The van der Waals surface area contributed by atoms with Crippen LogP contribution in [-0.2, 0) is 11.3 Å². The van der Waals surface area contributed by atoms with Gasteiger partial charge in [0.25, 0.3) is 0 Å². The van der Waals surface area contributed by atoms with Gasteiger partial charge in [0.15, 0.2) is 6.17 Å². The van der Waals surface area contributed by atoms with Crippen LogP contribution < -0.4 is 9.64 Å². The zero-order chi connectivity index (χ0) is 20.5. The number of hydrogen-bond donors (Lipinski definition) is 0. The molecule has 2 unspecified atom stereocenters. The molecule has 2 aromatic heterocycles. The third-order valence-corrected chi connectivity index (χ3v) is 5.11. The second kappa shape index (κ2) is 7.84. The maximum Gasteiger partial charge on any atom is 0.410 e. The van der Waals surface area contributed by atoms with Crippen molar-refractivity contribution in [3.63, 3.8) is 0 Å². The lowest BCUT2D eigenvalue weighted by Gasteiger charge is -2.34. The molecule has 2 atom stereocenters. The molecule has 0 aliphatic carbocycles. The maximum atomic E-state index is 14.7. The number of nitrogens with zero attached hydrogens (tertiary/aromatic N) is 6. The fraction of sp³-hybridized carbons (Fsp3) is 0.579. The molecule has 9 nitrogen and oxygen atoms in total. The highest BCUT2D eigenvalue weighted by molar-refractivity contribution is 5.68. The predicted octanol–water partition coefficient (Wildman–Crippen LogP) is 2.47. The van der Waals surface area contributed by atoms with E-state index in [4.69, 9.17) is 9.47 Å². The van der Waals surface area contributed by atoms with Gasteiger partial charge in [-0.05, 0) is 20.8 Å². The van der Waals surface area contributed by atoms with Gasteiger partial charge in [0.1, 0.15) is 24.1 Å². The number of anilines is 2. The summed E-state index contributed by atoms with van der Waals surface area (Å²) in [5.41, 5.74) is 0.746. The number of carbonyl (C=O) groups excluding carboxylic acids is 1. The maximum absolute atomic E-state index is 14.7. The Labute approximate surface area is 168 Å². The Morgan fingerprint density at radius 2 is 2.10 bits per heavy atom. The number of piperidine rings is 1. The summed E-state index contributed by atoms with van der Waals surface area (Å²) in [5.74, 6) is 2.04. The van der Waals surface area contributed by atoms with Crippen LogP contribution in [0.3, 0.4) is 0 Å². The minimum absolute atomic E-state index is 0.0570. The minimum Gasteiger partial charge on any atom is -0.471 e. The smallest absolute Gasteiger partial charge is 0.410 e. The Balaban J connectivity index is 1.45. The van der Waals surface area contributed by atoms with E-state index in [1.165, 1.54) is 11.2 Å². The van der Waals surface area contributed by atoms with Crippen LogP contribution in [0.4, 0.5) is 20.8 Å². The van der Waals surface area contributed by atoms with Crippen LogP contribution >= 0.6 is 0 Å². The zero-order valence-electron chi connectivity index (χ0n) is 16.8. The number of alkyl halides is 1. The average molecular weight is 404 g/mol. The number of rotatable bonds is 4. The van der Waals surface area contributed by atoms with Gasteiger partial charge in [-0.25, -0.2) is 23.8 Å². The number of carbonyl (C=O) groups is 1. The number of amides is 1. The average Bonchev–Trinajstić information content (AvgIpc) is 3.28. The number of fused-ring (bicyclic) bond motifs is 1. The summed E-state index contributed by atoms with van der Waals surface area (Å²) in [6.07, 6.45) is 0.813. The summed E-state index contributed by atoms with van der Waals surface area (Å²) in [5, 5.41) is 4.28. The van der Waals surface area contributed by atoms with Gasteiger partial charge in [0.05, 0.1) is 31.0 Å². The van der Waals surface area contributed by atoms with Gasteiger partial charge < -0.3 is 19.3 Å². The number of aromatic nitrogens is 4. The van der Waals surface area contributed by atoms with Crippen molar-refractivity contribution in [3.8, 4) is 5.88 Å². The fourth-order valence-corrected chi connectivity index (χ4v) is 3.67. The molecule has 0 saturated carbocycles. The Morgan fingerprint density at radius 1 is 1.28 bits per heavy atom. The first-order valence-corrected chi connectivity index (χ1v) is 9.81. The molecular weight excluding hydrogens is 379 g/mol. The van der Waals surface area contributed by atoms with E-state index in [0.29, 0.717) is 18.8 Å². The molecule has 2 aromatic rings. The molecule has 0 spiro atoms. The van der Waals surface area contributed by atoms with Crippen molar-refractivity contribution in [3.05, 3.63) is 24.2 Å². The summed E-state index contributed by atoms with van der Waals surface area (Å²) >= 11 is 0. The zero-order valence-corrected chi connectivity index (χ0v) is 16.8. The Morgan fingerprint density at radius 3 is 2.86 bits per heavy atom. The van der Waals surface area contributed by atoms with E-state index in [9.17, 15) is 9.18 Å². The standard InChI is InChI=1S/C19H25FN6O3/c1-12(2)28-19(27)24-7-5-15(14(20)10-24)29-18-13(3)17(21-11-22-18)25-8-9-26-16(25)4-6-23-26/h4,6,11-12,14-15H,5,7-10H2,1-3H3. The summed E-state index contributed by atoms with van der Waals surface area (Å²) < 4.78 is 27.7. The van der Waals surface area contributed by atoms with Crippen molar-refractivity contribution in [1.82, 2.24) is 24.6 Å². The van der Waals surface area contributed by atoms with Crippen LogP contribution in [0.15, 0.2) is 18.6 Å². The van der Waals surface area contributed by atoms with E-state index in [1.54, 1.807) is 20.0 Å². The van der Waals surface area contributed by atoms with Crippen LogP contribution in [0.2, 0.25) is 0 Å². The SMILES string of the molecule is Cc1c(OC2CCN(C(=O)OC(C)C)CC2F)ncnc1N1CCn2nccc21.